The summed E-state index contributed by atoms with van der Waals surface area (Å²) in [5.74, 6) is 0.403. The molecule has 1 aliphatic carbocycles. The molecular weight excluding hydrogens is 249 g/mol. The highest BCUT2D eigenvalue weighted by Gasteiger charge is 2.16. The Labute approximate surface area is 100 Å². The Bertz CT molecular complexity index is 246. The van der Waals surface area contributed by atoms with Crippen molar-refractivity contribution >= 4 is 25.3 Å². The zero-order valence-electron chi connectivity index (χ0n) is 9.05. The molecule has 16 heavy (non-hydrogen) atoms. The minimum atomic E-state index is -2.54. The Morgan fingerprint density at radius 3 is 2.75 bits per heavy atom. The first-order valence-corrected chi connectivity index (χ1v) is 7.52. The molecule has 0 radical (unpaired) electrons. The van der Waals surface area contributed by atoms with E-state index in [9.17, 15) is 9.36 Å². The van der Waals surface area contributed by atoms with Gasteiger partial charge < -0.3 is 5.32 Å². The van der Waals surface area contributed by atoms with Gasteiger partial charge in [-0.2, -0.15) is 0 Å². The van der Waals surface area contributed by atoms with E-state index in [0.717, 1.165) is 24.6 Å². The summed E-state index contributed by atoms with van der Waals surface area (Å²) in [4.78, 5) is 19.8. The van der Waals surface area contributed by atoms with Crippen LogP contribution in [0.1, 0.15) is 32.1 Å². The van der Waals surface area contributed by atoms with Crippen LogP contribution in [-0.2, 0) is 9.09 Å². The van der Waals surface area contributed by atoms with Gasteiger partial charge in [-0.25, -0.2) is 0 Å². The Morgan fingerprint density at radius 1 is 1.44 bits per heavy atom. The summed E-state index contributed by atoms with van der Waals surface area (Å²) in [7, 11) is -2.54. The molecule has 0 aromatic carbocycles. The first-order valence-electron chi connectivity index (χ1n) is 5.41. The van der Waals surface area contributed by atoms with Gasteiger partial charge in [0.1, 0.15) is 6.61 Å². The van der Waals surface area contributed by atoms with Crippen molar-refractivity contribution in [2.75, 3.05) is 12.4 Å². The number of carbonyl (C=O) groups is 1. The molecule has 5 nitrogen and oxygen atoms in total. The molecule has 0 heterocycles. The summed E-state index contributed by atoms with van der Waals surface area (Å²) in [6, 6.07) is 0.309. The Kier molecular flexibility index (Phi) is 6.96. The number of hydrogen-bond donors (Lipinski definition) is 2. The first-order chi connectivity index (χ1) is 7.68. The quantitative estimate of drug-likeness (QED) is 0.590. The third-order valence-corrected chi connectivity index (χ3v) is 3.60. The van der Waals surface area contributed by atoms with Gasteiger partial charge in [0.25, 0.3) is 5.24 Å². The summed E-state index contributed by atoms with van der Waals surface area (Å²) in [5, 5.41) is 2.87. The lowest BCUT2D eigenvalue weighted by Crippen LogP contribution is -2.33. The van der Waals surface area contributed by atoms with E-state index in [1.807, 2.05) is 0 Å². The van der Waals surface area contributed by atoms with E-state index in [4.69, 9.17) is 4.89 Å². The van der Waals surface area contributed by atoms with Crippen LogP contribution in [0.15, 0.2) is 0 Å². The summed E-state index contributed by atoms with van der Waals surface area (Å²) in [6.07, 6.45) is 5.75. The van der Waals surface area contributed by atoms with Crippen molar-refractivity contribution in [3.63, 3.8) is 0 Å². The molecule has 1 saturated carbocycles. The molecular formula is C9H17NO4PS+. The largest absolute Gasteiger partial charge is 0.694 e. The standard InChI is InChI=1S/C9H16NO4PS/c11-9(16-7-6-14-15(12)13)10-8-4-2-1-3-5-8/h8H,1-7H2,(H-,10,11,12,13)/p+1. The Balaban J connectivity index is 2.03. The molecule has 1 rings (SSSR count). The maximum absolute atomic E-state index is 11.4. The fourth-order valence-electron chi connectivity index (χ4n) is 1.70. The maximum atomic E-state index is 11.4. The predicted molar refractivity (Wildman–Crippen MR) is 63.6 cm³/mol. The van der Waals surface area contributed by atoms with Crippen molar-refractivity contribution < 1.29 is 18.8 Å². The second-order valence-electron chi connectivity index (χ2n) is 3.69. The van der Waals surface area contributed by atoms with Crippen LogP contribution >= 0.6 is 20.0 Å². The maximum Gasteiger partial charge on any atom is 0.694 e. The van der Waals surface area contributed by atoms with Crippen LogP contribution in [0.25, 0.3) is 0 Å². The second-order valence-corrected chi connectivity index (χ2v) is 5.49. The molecule has 0 bridgehead atoms. The summed E-state index contributed by atoms with van der Waals surface area (Å²) >= 11 is 1.10. The second kappa shape index (κ2) is 8.01. The molecule has 7 heteroatoms. The molecule has 0 aromatic rings. The highest BCUT2D eigenvalue weighted by atomic mass is 32.2. The SMILES string of the molecule is O=C(NC1CCCCC1)SCCO[P+](=O)O. The predicted octanol–water partition coefficient (Wildman–Crippen LogP) is 2.43. The number of rotatable bonds is 5. The van der Waals surface area contributed by atoms with E-state index >= 15 is 0 Å². The third kappa shape index (κ3) is 6.43. The highest BCUT2D eigenvalue weighted by Crippen LogP contribution is 2.19. The minimum absolute atomic E-state index is 0.0660. The van der Waals surface area contributed by atoms with Gasteiger partial charge >= 0.3 is 8.25 Å². The number of hydrogen-bond acceptors (Lipinski definition) is 4. The average Bonchev–Trinajstić information content (AvgIpc) is 2.25. The molecule has 1 fully saturated rings. The molecule has 0 saturated heterocycles. The number of thioether (sulfide) groups is 1. The van der Waals surface area contributed by atoms with Gasteiger partial charge in [-0.05, 0) is 12.8 Å². The monoisotopic (exact) mass is 266 g/mol. The fourth-order valence-corrected chi connectivity index (χ4v) is 2.68. The third-order valence-electron chi connectivity index (χ3n) is 2.45. The molecule has 92 valence electrons. The Morgan fingerprint density at radius 2 is 2.12 bits per heavy atom. The van der Waals surface area contributed by atoms with Crippen molar-refractivity contribution in [3.8, 4) is 0 Å². The fraction of sp³-hybridized carbons (Fsp3) is 0.889. The van der Waals surface area contributed by atoms with Crippen LogP contribution in [0.5, 0.6) is 0 Å². The lowest BCUT2D eigenvalue weighted by Gasteiger charge is -2.22. The van der Waals surface area contributed by atoms with Gasteiger partial charge in [0, 0.05) is 16.4 Å². The van der Waals surface area contributed by atoms with Gasteiger partial charge in [-0.3, -0.25) is 4.79 Å². The minimum Gasteiger partial charge on any atom is -0.344 e. The van der Waals surface area contributed by atoms with Crippen molar-refractivity contribution in [2.24, 2.45) is 0 Å². The van der Waals surface area contributed by atoms with E-state index in [2.05, 4.69) is 9.84 Å². The molecule has 1 unspecified atom stereocenters. The molecule has 1 atom stereocenters. The molecule has 2 N–H and O–H groups in total. The normalized spacial score (nSPS) is 18.2. The van der Waals surface area contributed by atoms with Gasteiger partial charge in [0.15, 0.2) is 0 Å². The van der Waals surface area contributed by atoms with Crippen molar-refractivity contribution in [1.29, 1.82) is 0 Å². The molecule has 0 spiro atoms. The van der Waals surface area contributed by atoms with Crippen LogP contribution in [-0.4, -0.2) is 28.5 Å². The van der Waals surface area contributed by atoms with Crippen molar-refractivity contribution in [1.82, 2.24) is 5.32 Å². The lowest BCUT2D eigenvalue weighted by atomic mass is 9.96. The van der Waals surface area contributed by atoms with Gasteiger partial charge in [0.05, 0.1) is 0 Å². The molecule has 1 aliphatic rings. The van der Waals surface area contributed by atoms with Gasteiger partial charge in [-0.15, -0.1) is 9.42 Å². The summed E-state index contributed by atoms with van der Waals surface area (Å²) in [5.41, 5.74) is 0. The number of carbonyl (C=O) groups excluding carboxylic acids is 1. The van der Waals surface area contributed by atoms with Crippen LogP contribution in [0.2, 0.25) is 0 Å². The van der Waals surface area contributed by atoms with E-state index in [1.165, 1.54) is 19.3 Å². The van der Waals surface area contributed by atoms with Crippen LogP contribution in [0.3, 0.4) is 0 Å². The topological polar surface area (TPSA) is 75.6 Å². The average molecular weight is 266 g/mol. The van der Waals surface area contributed by atoms with E-state index in [-0.39, 0.29) is 11.8 Å². The van der Waals surface area contributed by atoms with E-state index < -0.39 is 8.25 Å². The lowest BCUT2D eigenvalue weighted by molar-refractivity contribution is 0.252. The van der Waals surface area contributed by atoms with Crippen molar-refractivity contribution in [3.05, 3.63) is 0 Å². The summed E-state index contributed by atoms with van der Waals surface area (Å²) in [6.45, 7) is 0.120. The highest BCUT2D eigenvalue weighted by molar-refractivity contribution is 8.13. The number of amides is 1. The van der Waals surface area contributed by atoms with Crippen molar-refractivity contribution in [2.45, 2.75) is 38.1 Å². The first kappa shape index (κ1) is 13.9. The smallest absolute Gasteiger partial charge is 0.344 e. The van der Waals surface area contributed by atoms with E-state index in [1.54, 1.807) is 0 Å². The molecule has 1 amide bonds. The van der Waals surface area contributed by atoms with E-state index in [0.29, 0.717) is 11.8 Å². The molecule has 0 aromatic heterocycles. The van der Waals surface area contributed by atoms with Gasteiger partial charge in [0.2, 0.25) is 0 Å². The number of nitrogens with one attached hydrogen (secondary N) is 1. The zero-order valence-corrected chi connectivity index (χ0v) is 10.8. The van der Waals surface area contributed by atoms with Gasteiger partial charge in [-0.1, -0.05) is 31.0 Å². The van der Waals surface area contributed by atoms with Crippen LogP contribution in [0.4, 0.5) is 4.79 Å². The molecule has 0 aliphatic heterocycles. The summed E-state index contributed by atoms with van der Waals surface area (Å²) < 4.78 is 14.6. The zero-order chi connectivity index (χ0) is 11.8. The Hall–Kier alpha value is -0.160. The van der Waals surface area contributed by atoms with Crippen LogP contribution in [0, 0.1) is 0 Å². The van der Waals surface area contributed by atoms with Crippen LogP contribution < -0.4 is 5.32 Å².